The zero-order valence-electron chi connectivity index (χ0n) is 15.6. The number of hydrogen-bond donors (Lipinski definition) is 2. The van der Waals surface area contributed by atoms with Crippen LogP contribution >= 0.6 is 0 Å². The number of nitrogens with zero attached hydrogens (tertiary/aromatic N) is 1. The second-order valence-electron chi connectivity index (χ2n) is 6.87. The maximum Gasteiger partial charge on any atom is 0.339 e. The zero-order valence-corrected chi connectivity index (χ0v) is 15.6. The van der Waals surface area contributed by atoms with Gasteiger partial charge in [0.15, 0.2) is 0 Å². The van der Waals surface area contributed by atoms with E-state index in [9.17, 15) is 14.4 Å². The largest absolute Gasteiger partial charge is 0.465 e. The number of nitrogens with one attached hydrogen (secondary N) is 2. The van der Waals surface area contributed by atoms with Crippen LogP contribution in [-0.2, 0) is 9.53 Å². The van der Waals surface area contributed by atoms with E-state index >= 15 is 0 Å². The first-order chi connectivity index (χ1) is 11.8. The molecule has 0 aromatic carbocycles. The molecule has 0 bridgehead atoms. The van der Waals surface area contributed by atoms with E-state index in [1.807, 2.05) is 13.8 Å². The number of aryl methyl sites for hydroxylation is 1. The van der Waals surface area contributed by atoms with Crippen molar-refractivity contribution in [3.63, 3.8) is 0 Å². The molecule has 25 heavy (non-hydrogen) atoms. The van der Waals surface area contributed by atoms with Crippen LogP contribution in [0.5, 0.6) is 0 Å². The van der Waals surface area contributed by atoms with Gasteiger partial charge in [-0.2, -0.15) is 0 Å². The Morgan fingerprint density at radius 1 is 1.28 bits per heavy atom. The van der Waals surface area contributed by atoms with Crippen LogP contribution in [-0.4, -0.2) is 53.9 Å². The molecule has 1 fully saturated rings. The number of rotatable bonds is 4. The van der Waals surface area contributed by atoms with Crippen LogP contribution in [0.4, 0.5) is 0 Å². The topological polar surface area (TPSA) is 91.5 Å². The molecule has 0 radical (unpaired) electrons. The number of H-pyrrole nitrogens is 1. The van der Waals surface area contributed by atoms with E-state index in [1.54, 1.807) is 18.7 Å². The summed E-state index contributed by atoms with van der Waals surface area (Å²) in [5, 5.41) is 3.00. The smallest absolute Gasteiger partial charge is 0.339 e. The predicted molar refractivity (Wildman–Crippen MR) is 93.5 cm³/mol. The predicted octanol–water partition coefficient (Wildman–Crippen LogP) is 1.79. The van der Waals surface area contributed by atoms with E-state index < -0.39 is 5.97 Å². The third-order valence-electron chi connectivity index (χ3n) is 4.62. The van der Waals surface area contributed by atoms with Crippen molar-refractivity contribution >= 4 is 17.8 Å². The van der Waals surface area contributed by atoms with E-state index in [-0.39, 0.29) is 23.8 Å². The fourth-order valence-electron chi connectivity index (χ4n) is 3.18. The monoisotopic (exact) mass is 349 g/mol. The number of likely N-dealkylation sites (tertiary alicyclic amines) is 1. The second-order valence-corrected chi connectivity index (χ2v) is 6.87. The van der Waals surface area contributed by atoms with Crippen molar-refractivity contribution in [3.05, 3.63) is 22.5 Å². The first-order valence-corrected chi connectivity index (χ1v) is 8.63. The summed E-state index contributed by atoms with van der Waals surface area (Å²) in [6, 6.07) is -0.0379. The van der Waals surface area contributed by atoms with Crippen molar-refractivity contribution in [2.24, 2.45) is 5.92 Å². The molecule has 138 valence electrons. The van der Waals surface area contributed by atoms with Gasteiger partial charge in [-0.25, -0.2) is 4.79 Å². The van der Waals surface area contributed by atoms with Gasteiger partial charge in [-0.05, 0) is 32.3 Å². The molecule has 1 aliphatic rings. The number of carbonyl (C=O) groups excluding carboxylic acids is 3. The van der Waals surface area contributed by atoms with Crippen LogP contribution in [0.2, 0.25) is 0 Å². The third kappa shape index (κ3) is 4.03. The average molecular weight is 349 g/mol. The molecule has 1 aromatic heterocycles. The number of aromatic nitrogens is 1. The lowest BCUT2D eigenvalue weighted by molar-refractivity contribution is -0.125. The summed E-state index contributed by atoms with van der Waals surface area (Å²) in [7, 11) is 1.32. The Kier molecular flexibility index (Phi) is 5.87. The van der Waals surface area contributed by atoms with Gasteiger partial charge in [0.05, 0.1) is 12.7 Å². The molecule has 2 rings (SSSR count). The Morgan fingerprint density at radius 2 is 1.96 bits per heavy atom. The van der Waals surface area contributed by atoms with Gasteiger partial charge in [0.1, 0.15) is 5.69 Å². The molecular formula is C18H27N3O4. The molecule has 2 N–H and O–H groups in total. The fourth-order valence-corrected chi connectivity index (χ4v) is 3.18. The summed E-state index contributed by atoms with van der Waals surface area (Å²) in [5.41, 5.74) is 2.04. The lowest BCUT2D eigenvalue weighted by Crippen LogP contribution is -2.50. The Bertz CT molecular complexity index is 678. The maximum atomic E-state index is 12.9. The van der Waals surface area contributed by atoms with Gasteiger partial charge in [-0.3, -0.25) is 9.59 Å². The van der Waals surface area contributed by atoms with Crippen LogP contribution in [0.3, 0.4) is 0 Å². The van der Waals surface area contributed by atoms with Crippen molar-refractivity contribution in [1.82, 2.24) is 15.2 Å². The van der Waals surface area contributed by atoms with Crippen LogP contribution in [0.25, 0.3) is 0 Å². The maximum absolute atomic E-state index is 12.9. The number of esters is 1. The average Bonchev–Trinajstić information content (AvgIpc) is 2.88. The first-order valence-electron chi connectivity index (χ1n) is 8.63. The van der Waals surface area contributed by atoms with Gasteiger partial charge < -0.3 is 19.9 Å². The van der Waals surface area contributed by atoms with E-state index in [1.165, 1.54) is 7.11 Å². The molecule has 1 atom stereocenters. The number of amides is 2. The molecule has 7 nitrogen and oxygen atoms in total. The summed E-state index contributed by atoms with van der Waals surface area (Å²) in [5.74, 6) is -0.688. The lowest BCUT2D eigenvalue weighted by atomic mass is 10.0. The van der Waals surface area contributed by atoms with Gasteiger partial charge in [-0.15, -0.1) is 0 Å². The first kappa shape index (κ1) is 19.0. The van der Waals surface area contributed by atoms with Crippen molar-refractivity contribution in [1.29, 1.82) is 0 Å². The van der Waals surface area contributed by atoms with Crippen molar-refractivity contribution in [3.8, 4) is 0 Å². The summed E-state index contributed by atoms with van der Waals surface area (Å²) in [4.78, 5) is 41.4. The summed E-state index contributed by atoms with van der Waals surface area (Å²) in [6.45, 7) is 8.30. The molecule has 1 saturated heterocycles. The molecule has 0 aliphatic carbocycles. The number of hydrogen-bond acceptors (Lipinski definition) is 4. The number of carbonyl (C=O) groups is 3. The molecule has 2 heterocycles. The molecule has 0 unspecified atom stereocenters. The molecule has 0 saturated carbocycles. The van der Waals surface area contributed by atoms with E-state index in [0.29, 0.717) is 35.6 Å². The minimum atomic E-state index is -0.453. The highest BCUT2D eigenvalue weighted by molar-refractivity contribution is 6.00. The SMILES string of the molecule is COC(=O)c1c(C)[nH]c(C(=O)N2CCC[C@H](NC(=O)C(C)C)C2)c1C. The van der Waals surface area contributed by atoms with Crippen LogP contribution in [0.15, 0.2) is 0 Å². The minimum Gasteiger partial charge on any atom is -0.465 e. The number of methoxy groups -OCH3 is 1. The normalized spacial score (nSPS) is 17.5. The molecule has 7 heteroatoms. The molecule has 1 aliphatic heterocycles. The summed E-state index contributed by atoms with van der Waals surface area (Å²) >= 11 is 0. The Labute approximate surface area is 148 Å². The Balaban J connectivity index is 2.15. The number of ether oxygens (including phenoxy) is 1. The highest BCUT2D eigenvalue weighted by Crippen LogP contribution is 2.22. The summed E-state index contributed by atoms with van der Waals surface area (Å²) < 4.78 is 4.79. The molecule has 1 aromatic rings. The van der Waals surface area contributed by atoms with E-state index in [2.05, 4.69) is 10.3 Å². The van der Waals surface area contributed by atoms with Crippen molar-refractivity contribution in [2.45, 2.75) is 46.6 Å². The van der Waals surface area contributed by atoms with Crippen molar-refractivity contribution < 1.29 is 19.1 Å². The lowest BCUT2D eigenvalue weighted by Gasteiger charge is -2.33. The molecule has 0 spiro atoms. The van der Waals surface area contributed by atoms with Crippen LogP contribution in [0, 0.1) is 19.8 Å². The number of aromatic amines is 1. The standard InChI is InChI=1S/C18H27N3O4/c1-10(2)16(22)20-13-7-6-8-21(9-13)17(23)15-11(3)14(12(4)19-15)18(24)25-5/h10,13,19H,6-9H2,1-5H3,(H,20,22)/t13-/m0/s1. The fraction of sp³-hybridized carbons (Fsp3) is 0.611. The van der Waals surface area contributed by atoms with E-state index in [4.69, 9.17) is 4.74 Å². The van der Waals surface area contributed by atoms with Gasteiger partial charge in [0, 0.05) is 30.7 Å². The van der Waals surface area contributed by atoms with Crippen LogP contribution < -0.4 is 5.32 Å². The minimum absolute atomic E-state index is 0.000764. The van der Waals surface area contributed by atoms with Crippen LogP contribution in [0.1, 0.15) is 58.8 Å². The Hall–Kier alpha value is -2.31. The zero-order chi connectivity index (χ0) is 18.7. The summed E-state index contributed by atoms with van der Waals surface area (Å²) in [6.07, 6.45) is 1.69. The van der Waals surface area contributed by atoms with Crippen molar-refractivity contribution in [2.75, 3.05) is 20.2 Å². The van der Waals surface area contributed by atoms with Gasteiger partial charge >= 0.3 is 5.97 Å². The molecular weight excluding hydrogens is 322 g/mol. The van der Waals surface area contributed by atoms with E-state index in [0.717, 1.165) is 12.8 Å². The quantitative estimate of drug-likeness (QED) is 0.811. The second kappa shape index (κ2) is 7.72. The Morgan fingerprint density at radius 3 is 2.56 bits per heavy atom. The van der Waals surface area contributed by atoms with Gasteiger partial charge in [0.2, 0.25) is 5.91 Å². The highest BCUT2D eigenvalue weighted by atomic mass is 16.5. The van der Waals surface area contributed by atoms with Gasteiger partial charge in [0.25, 0.3) is 5.91 Å². The third-order valence-corrected chi connectivity index (χ3v) is 4.62. The number of piperidine rings is 1. The highest BCUT2D eigenvalue weighted by Gasteiger charge is 2.29. The van der Waals surface area contributed by atoms with Gasteiger partial charge in [-0.1, -0.05) is 13.8 Å². The molecule has 2 amide bonds.